The average molecular weight is 734 g/mol. The first-order chi connectivity index (χ1) is 27.8. The molecule has 3 nitrogen and oxygen atoms in total. The topological polar surface area (TPSA) is 29.5 Å². The van der Waals surface area contributed by atoms with Gasteiger partial charge in [0.05, 0.1) is 10.4 Å². The van der Waals surface area contributed by atoms with Gasteiger partial charge in [0.15, 0.2) is 0 Å². The molecule has 9 aromatic carbocycles. The third-order valence-electron chi connectivity index (χ3n) is 11.3. The van der Waals surface area contributed by atoms with Crippen LogP contribution in [-0.4, -0.2) is 0 Å². The molecule has 262 valence electrons. The van der Waals surface area contributed by atoms with Crippen LogP contribution >= 0.6 is 11.3 Å². The number of thiophene rings is 1. The molecule has 0 saturated heterocycles. The number of nitrogens with zero attached hydrogens (tertiary/aromatic N) is 1. The average Bonchev–Trinajstić information content (AvgIpc) is 3.95. The van der Waals surface area contributed by atoms with Gasteiger partial charge in [0.2, 0.25) is 0 Å². The van der Waals surface area contributed by atoms with Gasteiger partial charge in [-0.2, -0.15) is 0 Å². The third-order valence-corrected chi connectivity index (χ3v) is 12.5. The fraction of sp³-hybridized carbons (Fsp3) is 0. The summed E-state index contributed by atoms with van der Waals surface area (Å²) in [4.78, 5) is 2.44. The van der Waals surface area contributed by atoms with Gasteiger partial charge in [-0.05, 0) is 65.0 Å². The molecule has 3 heterocycles. The molecular formula is C52H31NO2S. The summed E-state index contributed by atoms with van der Waals surface area (Å²) in [6, 6.07) is 67.2. The molecule has 0 N–H and O–H groups in total. The Hall–Kier alpha value is -7.14. The van der Waals surface area contributed by atoms with E-state index in [0.29, 0.717) is 0 Å². The Morgan fingerprint density at radius 3 is 1.45 bits per heavy atom. The number of hydrogen-bond acceptors (Lipinski definition) is 4. The van der Waals surface area contributed by atoms with Crippen molar-refractivity contribution in [1.82, 2.24) is 0 Å². The van der Waals surface area contributed by atoms with Crippen molar-refractivity contribution >= 4 is 103 Å². The predicted octanol–water partition coefficient (Wildman–Crippen LogP) is 15.8. The second-order valence-corrected chi connectivity index (χ2v) is 15.5. The standard InChI is InChI=1S/C52H31NO2S/c1-2-12-37-34(11-1)31-45-42-15-5-8-22-48(42)56-52(45)49(37)53(35-27-23-32(24-28-35)38-16-9-18-43-40-13-3-6-20-46(40)54-50(38)43)36-29-25-33(26-30-36)39-17-10-19-44-41-14-4-7-21-47(41)55-51(39)44/h1-31H. The molecule has 3 aromatic heterocycles. The Kier molecular flexibility index (Phi) is 6.80. The maximum absolute atomic E-state index is 6.46. The summed E-state index contributed by atoms with van der Waals surface area (Å²) >= 11 is 1.86. The van der Waals surface area contributed by atoms with E-state index >= 15 is 0 Å². The van der Waals surface area contributed by atoms with E-state index < -0.39 is 0 Å². The van der Waals surface area contributed by atoms with Gasteiger partial charge in [-0.25, -0.2) is 0 Å². The number of fused-ring (bicyclic) bond motifs is 10. The molecule has 0 unspecified atom stereocenters. The lowest BCUT2D eigenvalue weighted by Gasteiger charge is -2.28. The van der Waals surface area contributed by atoms with E-state index in [2.05, 4.69) is 169 Å². The van der Waals surface area contributed by atoms with E-state index in [1.165, 1.54) is 36.6 Å². The molecule has 0 spiro atoms. The minimum atomic E-state index is 0.904. The van der Waals surface area contributed by atoms with Gasteiger partial charge >= 0.3 is 0 Å². The lowest BCUT2D eigenvalue weighted by molar-refractivity contribution is 0.669. The Bertz CT molecular complexity index is 3320. The van der Waals surface area contributed by atoms with Crippen LogP contribution in [0.25, 0.3) is 97.1 Å². The highest BCUT2D eigenvalue weighted by Crippen LogP contribution is 2.49. The van der Waals surface area contributed by atoms with Gasteiger partial charge in [0.25, 0.3) is 0 Å². The van der Waals surface area contributed by atoms with Crippen LogP contribution in [0.3, 0.4) is 0 Å². The van der Waals surface area contributed by atoms with Gasteiger partial charge in [0, 0.05) is 64.9 Å². The number of benzene rings is 9. The smallest absolute Gasteiger partial charge is 0.143 e. The van der Waals surface area contributed by atoms with E-state index in [-0.39, 0.29) is 0 Å². The van der Waals surface area contributed by atoms with Crippen molar-refractivity contribution in [2.75, 3.05) is 4.90 Å². The number of furan rings is 2. The fourth-order valence-electron chi connectivity index (χ4n) is 8.66. The van der Waals surface area contributed by atoms with Crippen molar-refractivity contribution in [3.63, 3.8) is 0 Å². The SMILES string of the molecule is c1ccc2c(N(c3ccc(-c4cccc5c4oc4ccccc45)cc3)c3ccc(-c4cccc5c4oc4ccccc45)cc3)c3sc4ccccc4c3cc2c1. The molecular weight excluding hydrogens is 703 g/mol. The van der Waals surface area contributed by atoms with Crippen LogP contribution in [0, 0.1) is 0 Å². The summed E-state index contributed by atoms with van der Waals surface area (Å²) in [5.74, 6) is 0. The predicted molar refractivity (Wildman–Crippen MR) is 237 cm³/mol. The van der Waals surface area contributed by atoms with Crippen molar-refractivity contribution in [3.05, 3.63) is 188 Å². The van der Waals surface area contributed by atoms with E-state index in [1.807, 2.05) is 35.6 Å². The molecule has 0 bridgehead atoms. The molecule has 0 aliphatic rings. The van der Waals surface area contributed by atoms with Crippen LogP contribution in [0.4, 0.5) is 17.1 Å². The maximum Gasteiger partial charge on any atom is 0.143 e. The second kappa shape index (κ2) is 12.2. The van der Waals surface area contributed by atoms with Crippen LogP contribution < -0.4 is 4.90 Å². The molecule has 0 saturated carbocycles. The number of rotatable bonds is 5. The Morgan fingerprint density at radius 1 is 0.375 bits per heavy atom. The summed E-state index contributed by atoms with van der Waals surface area (Å²) in [7, 11) is 0. The van der Waals surface area contributed by atoms with Gasteiger partial charge in [-0.15, -0.1) is 11.3 Å². The van der Waals surface area contributed by atoms with Crippen molar-refractivity contribution in [2.24, 2.45) is 0 Å². The van der Waals surface area contributed by atoms with Crippen molar-refractivity contribution in [2.45, 2.75) is 0 Å². The molecule has 0 fully saturated rings. The highest BCUT2D eigenvalue weighted by atomic mass is 32.1. The molecule has 0 radical (unpaired) electrons. The highest BCUT2D eigenvalue weighted by Gasteiger charge is 2.22. The van der Waals surface area contributed by atoms with Crippen LogP contribution in [0.2, 0.25) is 0 Å². The van der Waals surface area contributed by atoms with Crippen molar-refractivity contribution in [3.8, 4) is 22.3 Å². The van der Waals surface area contributed by atoms with Gasteiger partial charge in [-0.1, -0.05) is 140 Å². The van der Waals surface area contributed by atoms with Crippen molar-refractivity contribution in [1.29, 1.82) is 0 Å². The molecule has 0 atom stereocenters. The summed E-state index contributed by atoms with van der Waals surface area (Å²) in [6.07, 6.45) is 0. The fourth-order valence-corrected chi connectivity index (χ4v) is 9.89. The number of hydrogen-bond donors (Lipinski definition) is 0. The Balaban J connectivity index is 1.06. The lowest BCUT2D eigenvalue weighted by Crippen LogP contribution is -2.10. The zero-order valence-corrected chi connectivity index (χ0v) is 30.9. The normalized spacial score (nSPS) is 11.9. The van der Waals surface area contributed by atoms with Gasteiger partial charge in [0.1, 0.15) is 22.3 Å². The largest absolute Gasteiger partial charge is 0.455 e. The van der Waals surface area contributed by atoms with E-state index in [4.69, 9.17) is 8.83 Å². The summed E-state index contributed by atoms with van der Waals surface area (Å²) in [6.45, 7) is 0. The Morgan fingerprint density at radius 2 is 0.857 bits per heavy atom. The van der Waals surface area contributed by atoms with Crippen LogP contribution in [-0.2, 0) is 0 Å². The summed E-state index contributed by atoms with van der Waals surface area (Å²) in [5, 5.41) is 9.50. The molecule has 4 heteroatoms. The maximum atomic E-state index is 6.46. The van der Waals surface area contributed by atoms with E-state index in [1.54, 1.807) is 0 Å². The first kappa shape index (κ1) is 31.2. The van der Waals surface area contributed by atoms with E-state index in [0.717, 1.165) is 77.5 Å². The number of anilines is 3. The van der Waals surface area contributed by atoms with Gasteiger partial charge in [-0.3, -0.25) is 0 Å². The minimum Gasteiger partial charge on any atom is -0.455 e. The minimum absolute atomic E-state index is 0.904. The summed E-state index contributed by atoms with van der Waals surface area (Å²) < 4.78 is 15.5. The molecule has 0 amide bonds. The van der Waals surface area contributed by atoms with Crippen LogP contribution in [0.5, 0.6) is 0 Å². The Labute approximate surface area is 325 Å². The molecule has 56 heavy (non-hydrogen) atoms. The molecule has 0 aliphatic heterocycles. The van der Waals surface area contributed by atoms with E-state index in [9.17, 15) is 0 Å². The zero-order valence-electron chi connectivity index (χ0n) is 30.1. The lowest BCUT2D eigenvalue weighted by atomic mass is 9.99. The number of para-hydroxylation sites is 4. The molecule has 12 rings (SSSR count). The first-order valence-corrected chi connectivity index (χ1v) is 19.7. The monoisotopic (exact) mass is 733 g/mol. The van der Waals surface area contributed by atoms with Crippen molar-refractivity contribution < 1.29 is 8.83 Å². The quantitative estimate of drug-likeness (QED) is 0.176. The highest BCUT2D eigenvalue weighted by molar-refractivity contribution is 7.26. The first-order valence-electron chi connectivity index (χ1n) is 18.9. The second-order valence-electron chi connectivity index (χ2n) is 14.4. The zero-order chi connectivity index (χ0) is 36.7. The third kappa shape index (κ3) is 4.70. The summed E-state index contributed by atoms with van der Waals surface area (Å²) in [5.41, 5.74) is 11.3. The molecule has 12 aromatic rings. The van der Waals surface area contributed by atoms with Crippen LogP contribution in [0.15, 0.2) is 197 Å². The molecule has 0 aliphatic carbocycles. The van der Waals surface area contributed by atoms with Crippen LogP contribution in [0.1, 0.15) is 0 Å². The van der Waals surface area contributed by atoms with Gasteiger partial charge < -0.3 is 13.7 Å².